The van der Waals surface area contributed by atoms with Gasteiger partial charge in [0.25, 0.3) is 17.6 Å². The molecule has 0 aliphatic carbocycles. The van der Waals surface area contributed by atoms with Gasteiger partial charge in [-0.3, -0.25) is 19.2 Å². The molecule has 5 bridgehead atoms. The first-order valence-corrected chi connectivity index (χ1v) is 20.1. The van der Waals surface area contributed by atoms with Crippen LogP contribution in [0, 0.1) is 30.6 Å². The van der Waals surface area contributed by atoms with Crippen LogP contribution in [0.25, 0.3) is 10.8 Å². The maximum Gasteiger partial charge on any atom is 1.00 e. The van der Waals surface area contributed by atoms with Crippen molar-refractivity contribution in [2.75, 3.05) is 38.8 Å². The van der Waals surface area contributed by atoms with E-state index in [1.807, 2.05) is 6.92 Å². The number of hydrogen-bond donors (Lipinski definition) is 5. The molecule has 2 aromatic carbocycles. The van der Waals surface area contributed by atoms with E-state index >= 15 is 0 Å². The summed E-state index contributed by atoms with van der Waals surface area (Å²) >= 11 is 0. The third-order valence-corrected chi connectivity index (χ3v) is 11.9. The van der Waals surface area contributed by atoms with Crippen LogP contribution in [-0.2, 0) is 33.3 Å². The Bertz CT molecular complexity index is 2090. The fraction of sp³-hybridized carbons (Fsp3) is 0.545. The zero-order valence-electron chi connectivity index (χ0n) is 36.8. The molecule has 2 aromatic rings. The number of Topliss-reactive ketones (excluding diaryl/α,β-unsaturated/α-hetero) is 1. The van der Waals surface area contributed by atoms with Gasteiger partial charge >= 0.3 is 41.3 Å². The number of nitrogens with one attached hydrogen (secondary N) is 1. The van der Waals surface area contributed by atoms with Gasteiger partial charge in [0.1, 0.15) is 23.4 Å². The number of carbonyl (C=O) groups is 4. The average molecular weight is 862 g/mol. The Labute approximate surface area is 378 Å². The standard InChI is InChI=1S/C44H58N2O14.Na/c1-21-12-11-13-22(2)43(54)45-29-18-31(57-20-32(48)46-15-17-56-19-23(46)3)33-34(39(29)52)38(51)27(7)41-35(33)42(53)44(9,60-41)58-16-14-30(55-10)24(4)40(59-28(8)47)26(6)37(50)25(5)36(21)49;/h11-14,16,18,21,23-26,30,36-37,40,49-52H,15,17,19-20H2,1-10H3,(H,45,54);/q;+1/b12-11+,16-14+,22-13+;. The third-order valence-electron chi connectivity index (χ3n) is 11.9. The van der Waals surface area contributed by atoms with Crippen LogP contribution in [0.15, 0.2) is 42.2 Å². The van der Waals surface area contributed by atoms with Crippen molar-refractivity contribution in [3.8, 4) is 23.0 Å². The molecule has 10 unspecified atom stereocenters. The van der Waals surface area contributed by atoms with E-state index in [1.165, 1.54) is 59.3 Å². The van der Waals surface area contributed by atoms with Gasteiger partial charge in [0.05, 0.1) is 60.5 Å². The Kier molecular flexibility index (Phi) is 16.5. The Balaban J connectivity index is 0.00000819. The zero-order chi connectivity index (χ0) is 44.4. The zero-order valence-corrected chi connectivity index (χ0v) is 38.8. The van der Waals surface area contributed by atoms with Crippen LogP contribution in [0.5, 0.6) is 23.0 Å². The van der Waals surface area contributed by atoms with Crippen molar-refractivity contribution < 1.29 is 97.6 Å². The minimum atomic E-state index is -2.03. The van der Waals surface area contributed by atoms with E-state index in [9.17, 15) is 39.6 Å². The molecule has 0 radical (unpaired) electrons. The quantitative estimate of drug-likeness (QED) is 0.164. The molecule has 0 saturated carbocycles. The number of methoxy groups -OCH3 is 1. The molecule has 6 rings (SSSR count). The molecule has 4 aliphatic heterocycles. The number of aliphatic hydroxyl groups is 2. The number of aliphatic hydroxyl groups excluding tert-OH is 2. The van der Waals surface area contributed by atoms with E-state index < -0.39 is 89.6 Å². The molecule has 328 valence electrons. The second-order valence-corrected chi connectivity index (χ2v) is 16.2. The van der Waals surface area contributed by atoms with Crippen LogP contribution < -0.4 is 44.3 Å². The minimum absolute atomic E-state index is 0. The fourth-order valence-electron chi connectivity index (χ4n) is 8.07. The van der Waals surface area contributed by atoms with E-state index in [0.29, 0.717) is 19.8 Å². The predicted molar refractivity (Wildman–Crippen MR) is 220 cm³/mol. The number of rotatable bonds is 5. The molecule has 2 amide bonds. The Hall–Kier alpha value is -4.16. The summed E-state index contributed by atoms with van der Waals surface area (Å²) in [5.41, 5.74) is -0.0340. The molecule has 4 heterocycles. The van der Waals surface area contributed by atoms with Gasteiger partial charge in [-0.1, -0.05) is 45.9 Å². The number of phenolic OH excluding ortho intramolecular Hbond substituents is 2. The van der Waals surface area contributed by atoms with E-state index in [4.69, 9.17) is 28.4 Å². The number of esters is 1. The summed E-state index contributed by atoms with van der Waals surface area (Å²) in [4.78, 5) is 55.5. The molecular formula is C44H58N2NaO14+. The molecule has 61 heavy (non-hydrogen) atoms. The number of ether oxygens (including phenoxy) is 6. The first kappa shape index (κ1) is 49.5. The van der Waals surface area contributed by atoms with Crippen molar-refractivity contribution in [3.05, 3.63) is 53.3 Å². The van der Waals surface area contributed by atoms with E-state index in [0.717, 1.165) is 0 Å². The summed E-state index contributed by atoms with van der Waals surface area (Å²) in [6.07, 6.45) is 3.57. The van der Waals surface area contributed by atoms with Gasteiger partial charge in [-0.25, -0.2) is 0 Å². The molecule has 0 spiro atoms. The molecule has 1 fully saturated rings. The molecule has 16 nitrogen and oxygen atoms in total. The number of anilines is 1. The van der Waals surface area contributed by atoms with Crippen molar-refractivity contribution in [1.29, 1.82) is 0 Å². The minimum Gasteiger partial charge on any atom is -0.507 e. The topological polar surface area (TPSA) is 220 Å². The summed E-state index contributed by atoms with van der Waals surface area (Å²) in [6.45, 7) is 14.9. The molecule has 4 aliphatic rings. The predicted octanol–water partition coefficient (Wildman–Crippen LogP) is 1.68. The summed E-state index contributed by atoms with van der Waals surface area (Å²) < 4.78 is 35.3. The normalized spacial score (nSPS) is 31.8. The number of benzene rings is 2. The third kappa shape index (κ3) is 10.2. The maximum atomic E-state index is 14.5. The summed E-state index contributed by atoms with van der Waals surface area (Å²) in [5.74, 6) is -8.10. The largest absolute Gasteiger partial charge is 1.00 e. The van der Waals surface area contributed by atoms with Crippen molar-refractivity contribution in [2.24, 2.45) is 23.7 Å². The average Bonchev–Trinajstić information content (AvgIpc) is 3.48. The van der Waals surface area contributed by atoms with Gasteiger partial charge in [0, 0.05) is 73.8 Å². The molecule has 0 aromatic heterocycles. The number of morpholine rings is 1. The molecular weight excluding hydrogens is 803 g/mol. The van der Waals surface area contributed by atoms with Crippen molar-refractivity contribution in [1.82, 2.24) is 4.90 Å². The number of allylic oxidation sites excluding steroid dienone is 2. The van der Waals surface area contributed by atoms with Gasteiger partial charge in [-0.05, 0) is 26.8 Å². The van der Waals surface area contributed by atoms with Crippen molar-refractivity contribution in [2.45, 2.75) is 98.6 Å². The second-order valence-electron chi connectivity index (χ2n) is 16.2. The van der Waals surface area contributed by atoms with Gasteiger partial charge in [-0.2, -0.15) is 0 Å². The van der Waals surface area contributed by atoms with Crippen molar-refractivity contribution >= 4 is 40.0 Å². The number of phenols is 2. The van der Waals surface area contributed by atoms with Crippen molar-refractivity contribution in [3.63, 3.8) is 0 Å². The van der Waals surface area contributed by atoms with Gasteiger partial charge < -0.3 is 59.1 Å². The molecule has 17 heteroatoms. The van der Waals surface area contributed by atoms with E-state index in [1.54, 1.807) is 44.7 Å². The number of nitrogens with zero attached hydrogens (tertiary/aromatic N) is 1. The number of ketones is 1. The summed E-state index contributed by atoms with van der Waals surface area (Å²) in [5, 5.41) is 48.5. The second kappa shape index (κ2) is 20.4. The van der Waals surface area contributed by atoms with Crippen LogP contribution in [-0.4, -0.2) is 119 Å². The van der Waals surface area contributed by atoms with Crippen LogP contribution in [0.4, 0.5) is 5.69 Å². The smallest absolute Gasteiger partial charge is 0.507 e. The summed E-state index contributed by atoms with van der Waals surface area (Å²) in [6, 6.07) is 1.03. The van der Waals surface area contributed by atoms with Crippen LogP contribution in [0.3, 0.4) is 0 Å². The number of amides is 2. The Morgan fingerprint density at radius 2 is 1.67 bits per heavy atom. The summed E-state index contributed by atoms with van der Waals surface area (Å²) in [7, 11) is 1.44. The molecule has 1 saturated heterocycles. The van der Waals surface area contributed by atoms with E-state index in [2.05, 4.69) is 5.32 Å². The number of aromatic hydroxyl groups is 2. The number of fused-ring (bicyclic) bond motifs is 14. The van der Waals surface area contributed by atoms with Crippen LogP contribution in [0.1, 0.15) is 71.3 Å². The van der Waals surface area contributed by atoms with Gasteiger partial charge in [0.2, 0.25) is 0 Å². The Morgan fingerprint density at radius 3 is 2.31 bits per heavy atom. The first-order valence-electron chi connectivity index (χ1n) is 20.1. The maximum absolute atomic E-state index is 14.5. The SMILES string of the molecule is COC1/C=C/OC2(C)Oc3c(C)c(O)c4c(O)c(cc(OCC(=O)N5CCOCC5C)c4c3C2=O)NC(=O)/C(C)=C/C=C/C(C)C(O)C(C)C(O)C(C)C(OC(C)=O)C1C.[Na+]. The Morgan fingerprint density at radius 1 is 0.984 bits per heavy atom. The number of carbonyl (C=O) groups excluding carboxylic acids is 4. The van der Waals surface area contributed by atoms with Crippen LogP contribution in [0.2, 0.25) is 0 Å². The number of hydrogen-bond acceptors (Lipinski definition) is 14. The van der Waals surface area contributed by atoms with Gasteiger partial charge in [0.15, 0.2) is 12.4 Å². The van der Waals surface area contributed by atoms with Crippen LogP contribution >= 0.6 is 0 Å². The monoisotopic (exact) mass is 861 g/mol. The molecule has 5 N–H and O–H groups in total. The first-order chi connectivity index (χ1) is 28.2. The molecule has 10 atom stereocenters. The van der Waals surface area contributed by atoms with Gasteiger partial charge in [-0.15, -0.1) is 0 Å². The van der Waals surface area contributed by atoms with E-state index in [-0.39, 0.29) is 86.2 Å². The fourth-order valence-corrected chi connectivity index (χ4v) is 8.07.